The predicted molar refractivity (Wildman–Crippen MR) is 46.6 cm³/mol. The lowest BCUT2D eigenvalue weighted by molar-refractivity contribution is -0.124. The van der Waals surface area contributed by atoms with Gasteiger partial charge in [0, 0.05) is 19.0 Å². The van der Waals surface area contributed by atoms with Crippen molar-refractivity contribution in [3.63, 3.8) is 0 Å². The first-order valence-electron chi connectivity index (χ1n) is 3.71. The number of rotatable bonds is 1. The third-order valence-electron chi connectivity index (χ3n) is 2.09. The number of nitrogens with two attached hydrogens (primary N) is 1. The summed E-state index contributed by atoms with van der Waals surface area (Å²) in [5.41, 5.74) is 5.64. The lowest BCUT2D eigenvalue weighted by Crippen LogP contribution is -2.26. The fourth-order valence-corrected chi connectivity index (χ4v) is 1.46. The van der Waals surface area contributed by atoms with Gasteiger partial charge in [-0.3, -0.25) is 4.79 Å². The van der Waals surface area contributed by atoms with Gasteiger partial charge in [-0.05, 0) is 19.3 Å². The molecule has 0 saturated heterocycles. The van der Waals surface area contributed by atoms with Crippen LogP contribution in [0.5, 0.6) is 0 Å². The number of amides is 1. The van der Waals surface area contributed by atoms with Crippen molar-refractivity contribution < 1.29 is 4.79 Å². The third-order valence-corrected chi connectivity index (χ3v) is 2.09. The average Bonchev–Trinajstić information content (AvgIpc) is 2.34. The summed E-state index contributed by atoms with van der Waals surface area (Å²) in [5, 5.41) is 2.63. The maximum Gasteiger partial charge on any atom is 0.222 e. The van der Waals surface area contributed by atoms with Gasteiger partial charge in [0.25, 0.3) is 0 Å². The molecule has 11 heavy (non-hydrogen) atoms. The highest BCUT2D eigenvalue weighted by Crippen LogP contribution is 2.23. The van der Waals surface area contributed by atoms with Crippen LogP contribution in [0.1, 0.15) is 19.3 Å². The second-order valence-corrected chi connectivity index (χ2v) is 2.88. The van der Waals surface area contributed by atoms with E-state index in [9.17, 15) is 4.79 Å². The third kappa shape index (κ3) is 2.67. The monoisotopic (exact) mass is 178 g/mol. The van der Waals surface area contributed by atoms with E-state index >= 15 is 0 Å². The Bertz CT molecular complexity index is 140. The summed E-state index contributed by atoms with van der Waals surface area (Å²) in [6, 6.07) is 0.252. The molecule has 0 aromatic heterocycles. The van der Waals surface area contributed by atoms with Crippen molar-refractivity contribution in [1.82, 2.24) is 5.32 Å². The smallest absolute Gasteiger partial charge is 0.222 e. The van der Waals surface area contributed by atoms with E-state index in [4.69, 9.17) is 5.73 Å². The molecule has 0 aromatic carbocycles. The Hall–Kier alpha value is -0.280. The van der Waals surface area contributed by atoms with Gasteiger partial charge in [0.2, 0.25) is 5.91 Å². The van der Waals surface area contributed by atoms with Crippen molar-refractivity contribution >= 4 is 18.3 Å². The van der Waals surface area contributed by atoms with Crippen LogP contribution < -0.4 is 11.1 Å². The number of halogens is 1. The Morgan fingerprint density at radius 2 is 2.18 bits per heavy atom. The molecule has 1 rings (SSSR count). The zero-order valence-electron chi connectivity index (χ0n) is 6.67. The van der Waals surface area contributed by atoms with Gasteiger partial charge < -0.3 is 11.1 Å². The Morgan fingerprint density at radius 1 is 1.55 bits per heavy atom. The highest BCUT2D eigenvalue weighted by molar-refractivity contribution is 5.85. The van der Waals surface area contributed by atoms with E-state index in [-0.39, 0.29) is 30.3 Å². The van der Waals surface area contributed by atoms with E-state index in [0.29, 0.717) is 0 Å². The van der Waals surface area contributed by atoms with Crippen molar-refractivity contribution in [2.24, 2.45) is 11.7 Å². The van der Waals surface area contributed by atoms with E-state index in [1.165, 1.54) is 0 Å². The molecule has 0 aromatic rings. The standard InChI is InChI=1S/C7H14N2O.ClH/c1-9-7(10)5-2-3-6(8)4-5;/h5-6H,2-4,8H2,1H3,(H,9,10);1H/t5-,6+;/m0./s1. The maximum atomic E-state index is 11.0. The molecule has 0 spiro atoms. The first-order chi connectivity index (χ1) is 4.74. The molecular formula is C7H15ClN2O. The SMILES string of the molecule is CNC(=O)[C@H]1CC[C@@H](N)C1.Cl. The van der Waals surface area contributed by atoms with Crippen LogP contribution in [0.15, 0.2) is 0 Å². The summed E-state index contributed by atoms with van der Waals surface area (Å²) in [4.78, 5) is 11.0. The molecule has 1 amide bonds. The van der Waals surface area contributed by atoms with Gasteiger partial charge >= 0.3 is 0 Å². The number of carbonyl (C=O) groups excluding carboxylic acids is 1. The summed E-state index contributed by atoms with van der Waals surface area (Å²) in [6.07, 6.45) is 2.82. The normalized spacial score (nSPS) is 29.3. The molecule has 1 saturated carbocycles. The zero-order chi connectivity index (χ0) is 7.56. The van der Waals surface area contributed by atoms with Crippen molar-refractivity contribution in [2.45, 2.75) is 25.3 Å². The van der Waals surface area contributed by atoms with Crippen LogP contribution in [-0.4, -0.2) is 19.0 Å². The van der Waals surface area contributed by atoms with Crippen LogP contribution in [0, 0.1) is 5.92 Å². The molecule has 66 valence electrons. The minimum atomic E-state index is 0. The lowest BCUT2D eigenvalue weighted by Gasteiger charge is -2.05. The summed E-state index contributed by atoms with van der Waals surface area (Å²) in [5.74, 6) is 0.327. The molecule has 0 aliphatic heterocycles. The molecule has 1 fully saturated rings. The van der Waals surface area contributed by atoms with Crippen molar-refractivity contribution in [1.29, 1.82) is 0 Å². The largest absolute Gasteiger partial charge is 0.359 e. The van der Waals surface area contributed by atoms with E-state index < -0.39 is 0 Å². The van der Waals surface area contributed by atoms with Crippen LogP contribution in [0.2, 0.25) is 0 Å². The van der Waals surface area contributed by atoms with Crippen molar-refractivity contribution in [3.8, 4) is 0 Å². The first-order valence-corrected chi connectivity index (χ1v) is 3.71. The molecule has 0 heterocycles. The predicted octanol–water partition coefficient (Wildman–Crippen LogP) is 0.282. The Morgan fingerprint density at radius 3 is 2.55 bits per heavy atom. The quantitative estimate of drug-likeness (QED) is 0.606. The van der Waals surface area contributed by atoms with Crippen molar-refractivity contribution in [2.75, 3.05) is 7.05 Å². The highest BCUT2D eigenvalue weighted by Gasteiger charge is 2.26. The van der Waals surface area contributed by atoms with Gasteiger partial charge in [-0.25, -0.2) is 0 Å². The summed E-state index contributed by atoms with van der Waals surface area (Å²) < 4.78 is 0. The molecule has 2 atom stereocenters. The van der Waals surface area contributed by atoms with Gasteiger partial charge in [0.05, 0.1) is 0 Å². The Kier molecular flexibility index (Phi) is 4.45. The first kappa shape index (κ1) is 10.7. The average molecular weight is 179 g/mol. The molecule has 1 aliphatic rings. The number of hydrogen-bond acceptors (Lipinski definition) is 2. The number of carbonyl (C=O) groups is 1. The molecule has 0 radical (unpaired) electrons. The minimum absolute atomic E-state index is 0. The Balaban J connectivity index is 0.000001000. The number of nitrogens with one attached hydrogen (secondary N) is 1. The zero-order valence-corrected chi connectivity index (χ0v) is 7.49. The van der Waals surface area contributed by atoms with Crippen LogP contribution in [-0.2, 0) is 4.79 Å². The van der Waals surface area contributed by atoms with E-state index in [2.05, 4.69) is 5.32 Å². The van der Waals surface area contributed by atoms with Crippen LogP contribution in [0.3, 0.4) is 0 Å². The second-order valence-electron chi connectivity index (χ2n) is 2.88. The molecular weight excluding hydrogens is 164 g/mol. The topological polar surface area (TPSA) is 55.1 Å². The maximum absolute atomic E-state index is 11.0. The fraction of sp³-hybridized carbons (Fsp3) is 0.857. The van der Waals surface area contributed by atoms with E-state index in [1.807, 2.05) is 0 Å². The molecule has 0 bridgehead atoms. The van der Waals surface area contributed by atoms with E-state index in [0.717, 1.165) is 19.3 Å². The minimum Gasteiger partial charge on any atom is -0.359 e. The van der Waals surface area contributed by atoms with Gasteiger partial charge in [0.1, 0.15) is 0 Å². The van der Waals surface area contributed by atoms with Crippen LogP contribution >= 0.6 is 12.4 Å². The number of hydrogen-bond donors (Lipinski definition) is 2. The second kappa shape index (κ2) is 4.57. The summed E-state index contributed by atoms with van der Waals surface area (Å²) >= 11 is 0. The van der Waals surface area contributed by atoms with E-state index in [1.54, 1.807) is 7.05 Å². The summed E-state index contributed by atoms with van der Waals surface area (Å²) in [6.45, 7) is 0. The fourth-order valence-electron chi connectivity index (χ4n) is 1.46. The van der Waals surface area contributed by atoms with Gasteiger partial charge in [-0.2, -0.15) is 0 Å². The molecule has 0 unspecified atom stereocenters. The van der Waals surface area contributed by atoms with Gasteiger partial charge in [-0.15, -0.1) is 12.4 Å². The van der Waals surface area contributed by atoms with Gasteiger partial charge in [-0.1, -0.05) is 0 Å². The van der Waals surface area contributed by atoms with Crippen LogP contribution in [0.25, 0.3) is 0 Å². The molecule has 4 heteroatoms. The molecule has 1 aliphatic carbocycles. The van der Waals surface area contributed by atoms with Crippen LogP contribution in [0.4, 0.5) is 0 Å². The Labute approximate surface area is 73.1 Å². The highest BCUT2D eigenvalue weighted by atomic mass is 35.5. The lowest BCUT2D eigenvalue weighted by atomic mass is 10.1. The molecule has 3 N–H and O–H groups in total. The van der Waals surface area contributed by atoms with Gasteiger partial charge in [0.15, 0.2) is 0 Å². The molecule has 3 nitrogen and oxygen atoms in total. The van der Waals surface area contributed by atoms with Crippen molar-refractivity contribution in [3.05, 3.63) is 0 Å². The summed E-state index contributed by atoms with van der Waals surface area (Å²) in [7, 11) is 1.67.